The fourth-order valence-corrected chi connectivity index (χ4v) is 4.11. The average molecular weight is 354 g/mol. The first-order chi connectivity index (χ1) is 12.3. The van der Waals surface area contributed by atoms with E-state index in [2.05, 4.69) is 60.2 Å². The number of aromatic nitrogens is 2. The molecule has 1 saturated carbocycles. The lowest BCUT2D eigenvalue weighted by Gasteiger charge is -2.24. The highest BCUT2D eigenvalue weighted by atomic mass is 31.2. The van der Waals surface area contributed by atoms with E-state index in [1.54, 1.807) is 0 Å². The van der Waals surface area contributed by atoms with Crippen molar-refractivity contribution in [2.45, 2.75) is 26.3 Å². The second-order valence-electron chi connectivity index (χ2n) is 6.12. The topological polar surface area (TPSA) is 31.4 Å². The number of nitrogens with zero attached hydrogens (tertiary/aromatic N) is 3. The van der Waals surface area contributed by atoms with Crippen molar-refractivity contribution in [2.24, 2.45) is 10.9 Å². The average Bonchev–Trinajstić information content (AvgIpc) is 3.40. The Balaban J connectivity index is 1.67. The molecule has 5 heteroatoms. The first-order valence-electron chi connectivity index (χ1n) is 8.72. The zero-order valence-electron chi connectivity index (χ0n) is 14.8. The van der Waals surface area contributed by atoms with Crippen molar-refractivity contribution < 1.29 is 4.52 Å². The number of rotatable bonds is 9. The molecule has 0 saturated heterocycles. The third-order valence-electron chi connectivity index (χ3n) is 4.34. The van der Waals surface area contributed by atoms with Crippen molar-refractivity contribution in [2.75, 3.05) is 6.61 Å². The normalized spacial score (nSPS) is 18.4. The van der Waals surface area contributed by atoms with Crippen molar-refractivity contribution in [3.8, 4) is 0 Å². The Morgan fingerprint density at radius 3 is 2.12 bits per heavy atom. The molecular formula is C20H25N3OP. The van der Waals surface area contributed by atoms with E-state index in [9.17, 15) is 0 Å². The molecule has 25 heavy (non-hydrogen) atoms. The van der Waals surface area contributed by atoms with Crippen LogP contribution >= 0.6 is 8.45 Å². The van der Waals surface area contributed by atoms with Gasteiger partial charge in [-0.25, -0.2) is 0 Å². The minimum Gasteiger partial charge on any atom is -0.320 e. The van der Waals surface area contributed by atoms with Crippen LogP contribution in [-0.2, 0) is 4.52 Å². The van der Waals surface area contributed by atoms with Crippen molar-refractivity contribution in [1.29, 1.82) is 0 Å². The van der Waals surface area contributed by atoms with E-state index in [0.29, 0.717) is 12.5 Å². The molecule has 4 nitrogen and oxygen atoms in total. The Morgan fingerprint density at radius 2 is 1.60 bits per heavy atom. The molecule has 2 aromatic heterocycles. The van der Waals surface area contributed by atoms with Gasteiger partial charge in [0.05, 0.1) is 12.6 Å². The summed E-state index contributed by atoms with van der Waals surface area (Å²) in [6.45, 7) is 5.05. The van der Waals surface area contributed by atoms with Gasteiger partial charge in [-0.3, -0.25) is 13.7 Å². The van der Waals surface area contributed by atoms with Gasteiger partial charge in [-0.15, -0.1) is 0 Å². The van der Waals surface area contributed by atoms with Crippen molar-refractivity contribution in [3.63, 3.8) is 0 Å². The molecule has 1 aliphatic carbocycles. The first kappa shape index (κ1) is 18.4. The van der Waals surface area contributed by atoms with Crippen LogP contribution in [0.5, 0.6) is 0 Å². The summed E-state index contributed by atoms with van der Waals surface area (Å²) >= 11 is 0. The minimum atomic E-state index is -0.935. The van der Waals surface area contributed by atoms with Crippen LogP contribution in [0.15, 0.2) is 54.0 Å². The van der Waals surface area contributed by atoms with Gasteiger partial charge < -0.3 is 4.52 Å². The van der Waals surface area contributed by atoms with Gasteiger partial charge in [0, 0.05) is 36.9 Å². The lowest BCUT2D eigenvalue weighted by Crippen LogP contribution is -2.22. The second kappa shape index (κ2) is 9.35. The van der Waals surface area contributed by atoms with Gasteiger partial charge in [-0.1, -0.05) is 20.3 Å². The fourth-order valence-electron chi connectivity index (χ4n) is 2.56. The predicted octanol–water partition coefficient (Wildman–Crippen LogP) is 4.82. The quantitative estimate of drug-likeness (QED) is 0.469. The van der Waals surface area contributed by atoms with Crippen LogP contribution in [-0.4, -0.2) is 27.5 Å². The van der Waals surface area contributed by atoms with Gasteiger partial charge in [0.1, 0.15) is 0 Å². The maximum absolute atomic E-state index is 6.36. The summed E-state index contributed by atoms with van der Waals surface area (Å²) in [5.41, 5.74) is 0. The van der Waals surface area contributed by atoms with Gasteiger partial charge in [-0.2, -0.15) is 0 Å². The Hall–Kier alpha value is -1.38. The molecule has 0 bridgehead atoms. The van der Waals surface area contributed by atoms with Crippen molar-refractivity contribution in [1.82, 2.24) is 8.68 Å². The van der Waals surface area contributed by atoms with Crippen LogP contribution in [0.25, 0.3) is 0 Å². The summed E-state index contributed by atoms with van der Waals surface area (Å²) in [6.07, 6.45) is 19.5. The molecule has 2 atom stereocenters. The van der Waals surface area contributed by atoms with E-state index < -0.39 is 8.45 Å². The van der Waals surface area contributed by atoms with Crippen LogP contribution in [0.4, 0.5) is 0 Å². The summed E-state index contributed by atoms with van der Waals surface area (Å²) in [7, 11) is -0.935. The molecule has 0 aliphatic heterocycles. The Labute approximate surface area is 152 Å². The third kappa shape index (κ3) is 5.05. The van der Waals surface area contributed by atoms with E-state index in [1.165, 1.54) is 0 Å². The zero-order valence-corrected chi connectivity index (χ0v) is 15.7. The summed E-state index contributed by atoms with van der Waals surface area (Å²) in [5, 5.41) is 0. The molecule has 1 fully saturated rings. The van der Waals surface area contributed by atoms with Crippen LogP contribution in [0.3, 0.4) is 0 Å². The molecule has 0 spiro atoms. The third-order valence-corrected chi connectivity index (χ3v) is 6.04. The SMILES string of the molecule is CC[C@H](C)[C@@H](COP(n1cccc1)n1cccc1)N=C[C]1[CH][CH][CH][CH]1. The smallest absolute Gasteiger partial charge is 0.256 e. The Bertz CT molecular complexity index is 583. The van der Waals surface area contributed by atoms with E-state index >= 15 is 0 Å². The fraction of sp³-hybridized carbons (Fsp3) is 0.300. The molecule has 0 amide bonds. The van der Waals surface area contributed by atoms with Crippen molar-refractivity contribution >= 4 is 14.7 Å². The summed E-state index contributed by atoms with van der Waals surface area (Å²) < 4.78 is 10.6. The maximum atomic E-state index is 6.36. The maximum Gasteiger partial charge on any atom is 0.256 e. The van der Waals surface area contributed by atoms with Crippen LogP contribution in [0, 0.1) is 37.5 Å². The second-order valence-corrected chi connectivity index (χ2v) is 7.81. The Morgan fingerprint density at radius 1 is 1.04 bits per heavy atom. The van der Waals surface area contributed by atoms with Gasteiger partial charge in [-0.05, 0) is 55.9 Å². The number of hydrogen-bond acceptors (Lipinski definition) is 2. The lowest BCUT2D eigenvalue weighted by molar-refractivity contribution is 0.268. The summed E-state index contributed by atoms with van der Waals surface area (Å²) in [5.74, 6) is 1.61. The van der Waals surface area contributed by atoms with Gasteiger partial charge in [0.15, 0.2) is 0 Å². The highest BCUT2D eigenvalue weighted by Gasteiger charge is 2.21. The van der Waals surface area contributed by atoms with Gasteiger partial charge >= 0.3 is 0 Å². The molecule has 0 aromatic carbocycles. The van der Waals surface area contributed by atoms with Gasteiger partial charge in [0.25, 0.3) is 8.45 Å². The van der Waals surface area contributed by atoms with Crippen LogP contribution < -0.4 is 0 Å². The summed E-state index contributed by atoms with van der Waals surface area (Å²) in [6, 6.07) is 8.27. The monoisotopic (exact) mass is 354 g/mol. The lowest BCUT2D eigenvalue weighted by atomic mass is 10.0. The minimum absolute atomic E-state index is 0.149. The Kier molecular flexibility index (Phi) is 6.89. The van der Waals surface area contributed by atoms with Crippen molar-refractivity contribution in [3.05, 3.63) is 80.7 Å². The molecule has 5 radical (unpaired) electrons. The van der Waals surface area contributed by atoms with Gasteiger partial charge in [0.2, 0.25) is 0 Å². The van der Waals surface area contributed by atoms with Crippen LogP contribution in [0.2, 0.25) is 0 Å². The molecular weight excluding hydrogens is 329 g/mol. The zero-order chi connectivity index (χ0) is 17.5. The molecule has 0 N–H and O–H groups in total. The van der Waals surface area contributed by atoms with E-state index in [0.717, 1.165) is 12.3 Å². The van der Waals surface area contributed by atoms with E-state index in [4.69, 9.17) is 9.52 Å². The molecule has 1 aliphatic rings. The molecule has 0 unspecified atom stereocenters. The largest absolute Gasteiger partial charge is 0.320 e. The summed E-state index contributed by atoms with van der Waals surface area (Å²) in [4.78, 5) is 4.81. The molecule has 2 aromatic rings. The molecule has 2 heterocycles. The molecule has 131 valence electrons. The number of hydrogen-bond donors (Lipinski definition) is 0. The number of aliphatic imine (C=N–C) groups is 1. The standard InChI is InChI=1S/C20H25N3OP/c1-3-18(2)20(21-16-19-10-4-5-11-19)17-24-25(22-12-6-7-13-22)23-14-8-9-15-23/h4-16,18,20H,3,17H2,1-2H3/t18-,20+/m0/s1. The highest BCUT2D eigenvalue weighted by Crippen LogP contribution is 2.41. The van der Waals surface area contributed by atoms with Crippen LogP contribution in [0.1, 0.15) is 20.3 Å². The molecule has 3 rings (SSSR count). The first-order valence-corrected chi connectivity index (χ1v) is 9.89. The van der Waals surface area contributed by atoms with E-state index in [-0.39, 0.29) is 6.04 Å². The van der Waals surface area contributed by atoms with E-state index in [1.807, 2.05) is 43.3 Å². The predicted molar refractivity (Wildman–Crippen MR) is 105 cm³/mol. The highest BCUT2D eigenvalue weighted by molar-refractivity contribution is 7.49.